The van der Waals surface area contributed by atoms with Crippen molar-refractivity contribution in [3.63, 3.8) is 0 Å². The summed E-state index contributed by atoms with van der Waals surface area (Å²) in [6.45, 7) is 7.87. The van der Waals surface area contributed by atoms with Crippen molar-refractivity contribution in [3.8, 4) is 0 Å². The summed E-state index contributed by atoms with van der Waals surface area (Å²) in [6, 6.07) is 5.42. The van der Waals surface area contributed by atoms with Gasteiger partial charge in [0, 0.05) is 25.8 Å². The molecule has 8 nitrogen and oxygen atoms in total. The number of urea groups is 1. The second kappa shape index (κ2) is 9.17. The van der Waals surface area contributed by atoms with Gasteiger partial charge >= 0.3 is 6.03 Å². The summed E-state index contributed by atoms with van der Waals surface area (Å²) < 4.78 is 0. The SMILES string of the molecule is CCNC(=NCc1ccccn1)NCCCN1C(=O)NC(C)(CC)C1=O. The molecule has 3 amide bonds. The molecule has 1 aromatic rings. The molecule has 0 spiro atoms. The fourth-order valence-electron chi connectivity index (χ4n) is 2.63. The molecule has 3 N–H and O–H groups in total. The summed E-state index contributed by atoms with van der Waals surface area (Å²) in [4.78, 5) is 34.4. The fourth-order valence-corrected chi connectivity index (χ4v) is 2.63. The summed E-state index contributed by atoms with van der Waals surface area (Å²) in [6.07, 6.45) is 2.97. The number of pyridine rings is 1. The predicted molar refractivity (Wildman–Crippen MR) is 101 cm³/mol. The number of imide groups is 1. The molecule has 1 atom stereocenters. The Morgan fingerprint density at radius 3 is 2.73 bits per heavy atom. The third-order valence-corrected chi connectivity index (χ3v) is 4.37. The Morgan fingerprint density at radius 1 is 1.31 bits per heavy atom. The van der Waals surface area contributed by atoms with Crippen LogP contribution in [0.4, 0.5) is 4.79 Å². The maximum absolute atomic E-state index is 12.3. The van der Waals surface area contributed by atoms with Crippen molar-refractivity contribution >= 4 is 17.9 Å². The summed E-state index contributed by atoms with van der Waals surface area (Å²) in [5, 5.41) is 9.16. The first-order chi connectivity index (χ1) is 12.5. The van der Waals surface area contributed by atoms with Crippen LogP contribution in [0.25, 0.3) is 0 Å². The standard InChI is InChI=1S/C18H28N6O2/c1-4-18(3)15(25)24(17(26)23-18)12-8-11-21-16(19-5-2)22-13-14-9-6-7-10-20-14/h6-7,9-10H,4-5,8,11-13H2,1-3H3,(H,23,26)(H2,19,21,22). The largest absolute Gasteiger partial charge is 0.357 e. The first kappa shape index (κ1) is 19.7. The molecule has 1 saturated heterocycles. The van der Waals surface area contributed by atoms with E-state index < -0.39 is 5.54 Å². The van der Waals surface area contributed by atoms with E-state index >= 15 is 0 Å². The zero-order valence-electron chi connectivity index (χ0n) is 15.7. The lowest BCUT2D eigenvalue weighted by atomic mass is 9.99. The predicted octanol–water partition coefficient (Wildman–Crippen LogP) is 1.25. The van der Waals surface area contributed by atoms with Crippen molar-refractivity contribution in [2.75, 3.05) is 19.6 Å². The molecule has 8 heteroatoms. The van der Waals surface area contributed by atoms with Crippen molar-refractivity contribution in [2.24, 2.45) is 4.99 Å². The van der Waals surface area contributed by atoms with Gasteiger partial charge < -0.3 is 16.0 Å². The van der Waals surface area contributed by atoms with E-state index in [1.165, 1.54) is 4.90 Å². The summed E-state index contributed by atoms with van der Waals surface area (Å²) in [5.41, 5.74) is 0.117. The molecule has 0 aromatic carbocycles. The third kappa shape index (κ3) is 4.93. The number of carbonyl (C=O) groups excluding carboxylic acids is 2. The molecule has 1 aliphatic rings. The highest BCUT2D eigenvalue weighted by Gasteiger charge is 2.45. The van der Waals surface area contributed by atoms with Gasteiger partial charge in [0.2, 0.25) is 0 Å². The maximum Gasteiger partial charge on any atom is 0.325 e. The number of amides is 3. The van der Waals surface area contributed by atoms with Crippen LogP contribution in [0.2, 0.25) is 0 Å². The minimum absolute atomic E-state index is 0.152. The highest BCUT2D eigenvalue weighted by molar-refractivity contribution is 6.06. The molecule has 1 unspecified atom stereocenters. The zero-order chi connectivity index (χ0) is 19.0. The van der Waals surface area contributed by atoms with E-state index in [-0.39, 0.29) is 11.9 Å². The van der Waals surface area contributed by atoms with Crippen molar-refractivity contribution in [2.45, 2.75) is 45.7 Å². The van der Waals surface area contributed by atoms with Gasteiger partial charge in [-0.05, 0) is 38.8 Å². The molecule has 0 bridgehead atoms. The number of guanidine groups is 1. The van der Waals surface area contributed by atoms with Gasteiger partial charge in [-0.2, -0.15) is 0 Å². The molecular formula is C18H28N6O2. The minimum Gasteiger partial charge on any atom is -0.357 e. The number of aliphatic imine (C=N–C) groups is 1. The van der Waals surface area contributed by atoms with Crippen molar-refractivity contribution in [1.82, 2.24) is 25.8 Å². The quantitative estimate of drug-likeness (QED) is 0.280. The zero-order valence-corrected chi connectivity index (χ0v) is 15.7. The number of aromatic nitrogens is 1. The van der Waals surface area contributed by atoms with Crippen LogP contribution < -0.4 is 16.0 Å². The highest BCUT2D eigenvalue weighted by Crippen LogP contribution is 2.20. The van der Waals surface area contributed by atoms with Crippen LogP contribution in [0.3, 0.4) is 0 Å². The average Bonchev–Trinajstić information content (AvgIpc) is 2.87. The van der Waals surface area contributed by atoms with E-state index in [1.807, 2.05) is 32.0 Å². The average molecular weight is 360 g/mol. The number of carbonyl (C=O) groups is 2. The first-order valence-corrected chi connectivity index (χ1v) is 9.06. The second-order valence-electron chi connectivity index (χ2n) is 6.37. The van der Waals surface area contributed by atoms with Crippen LogP contribution in [0.1, 0.15) is 39.3 Å². The van der Waals surface area contributed by atoms with Crippen LogP contribution >= 0.6 is 0 Å². The molecular weight excluding hydrogens is 332 g/mol. The minimum atomic E-state index is -0.774. The highest BCUT2D eigenvalue weighted by atomic mass is 16.2. The maximum atomic E-state index is 12.3. The van der Waals surface area contributed by atoms with Gasteiger partial charge in [0.1, 0.15) is 5.54 Å². The van der Waals surface area contributed by atoms with Gasteiger partial charge in [0.05, 0.1) is 12.2 Å². The van der Waals surface area contributed by atoms with Crippen molar-refractivity contribution in [1.29, 1.82) is 0 Å². The van der Waals surface area contributed by atoms with Crippen molar-refractivity contribution < 1.29 is 9.59 Å². The number of rotatable bonds is 8. The summed E-state index contributed by atoms with van der Waals surface area (Å²) in [5.74, 6) is 0.537. The van der Waals surface area contributed by atoms with E-state index in [2.05, 4.69) is 25.9 Å². The topological polar surface area (TPSA) is 98.7 Å². The third-order valence-electron chi connectivity index (χ3n) is 4.37. The molecule has 0 saturated carbocycles. The Labute approximate surface area is 154 Å². The Morgan fingerprint density at radius 2 is 2.12 bits per heavy atom. The lowest BCUT2D eigenvalue weighted by molar-refractivity contribution is -0.130. The molecule has 142 valence electrons. The van der Waals surface area contributed by atoms with Gasteiger partial charge in [-0.3, -0.25) is 14.7 Å². The first-order valence-electron chi connectivity index (χ1n) is 9.06. The Bertz CT molecular complexity index is 648. The Hall–Kier alpha value is -2.64. The number of nitrogens with zero attached hydrogens (tertiary/aromatic N) is 3. The number of nitrogens with one attached hydrogen (secondary N) is 3. The molecule has 0 aliphatic carbocycles. The molecule has 1 aromatic heterocycles. The van der Waals surface area contributed by atoms with Gasteiger partial charge in [0.25, 0.3) is 5.91 Å². The van der Waals surface area contributed by atoms with E-state index in [0.29, 0.717) is 38.4 Å². The lowest BCUT2D eigenvalue weighted by Gasteiger charge is -2.19. The second-order valence-corrected chi connectivity index (χ2v) is 6.37. The lowest BCUT2D eigenvalue weighted by Crippen LogP contribution is -2.43. The molecule has 0 radical (unpaired) electrons. The Kier molecular flexibility index (Phi) is 6.94. The number of hydrogen-bond acceptors (Lipinski definition) is 4. The monoisotopic (exact) mass is 360 g/mol. The Balaban J connectivity index is 1.81. The van der Waals surface area contributed by atoms with E-state index in [4.69, 9.17) is 0 Å². The van der Waals surface area contributed by atoms with E-state index in [1.54, 1.807) is 13.1 Å². The van der Waals surface area contributed by atoms with Crippen LogP contribution in [-0.4, -0.2) is 53.0 Å². The molecule has 1 fully saturated rings. The van der Waals surface area contributed by atoms with E-state index in [0.717, 1.165) is 12.2 Å². The summed E-state index contributed by atoms with van der Waals surface area (Å²) in [7, 11) is 0. The van der Waals surface area contributed by atoms with Gasteiger partial charge in [-0.1, -0.05) is 13.0 Å². The molecule has 26 heavy (non-hydrogen) atoms. The normalized spacial score (nSPS) is 20.3. The van der Waals surface area contributed by atoms with Crippen LogP contribution in [0.15, 0.2) is 29.4 Å². The molecule has 2 rings (SSSR count). The molecule has 1 aliphatic heterocycles. The van der Waals surface area contributed by atoms with Gasteiger partial charge in [-0.25, -0.2) is 9.79 Å². The fraction of sp³-hybridized carbons (Fsp3) is 0.556. The van der Waals surface area contributed by atoms with Crippen LogP contribution in [-0.2, 0) is 11.3 Å². The summed E-state index contributed by atoms with van der Waals surface area (Å²) >= 11 is 0. The van der Waals surface area contributed by atoms with Crippen LogP contribution in [0.5, 0.6) is 0 Å². The van der Waals surface area contributed by atoms with Gasteiger partial charge in [0.15, 0.2) is 5.96 Å². The van der Waals surface area contributed by atoms with E-state index in [9.17, 15) is 9.59 Å². The molecule has 2 heterocycles. The smallest absolute Gasteiger partial charge is 0.325 e. The van der Waals surface area contributed by atoms with Crippen molar-refractivity contribution in [3.05, 3.63) is 30.1 Å². The van der Waals surface area contributed by atoms with Gasteiger partial charge in [-0.15, -0.1) is 0 Å². The van der Waals surface area contributed by atoms with Crippen LogP contribution in [0, 0.1) is 0 Å². The number of hydrogen-bond donors (Lipinski definition) is 3.